The van der Waals surface area contributed by atoms with Crippen LogP contribution in [-0.4, -0.2) is 30.5 Å². The van der Waals surface area contributed by atoms with Gasteiger partial charge in [0.05, 0.1) is 0 Å². The van der Waals surface area contributed by atoms with E-state index in [-0.39, 0.29) is 5.28 Å². The van der Waals surface area contributed by atoms with Gasteiger partial charge in [0.15, 0.2) is 0 Å². The van der Waals surface area contributed by atoms with Gasteiger partial charge in [-0.1, -0.05) is 26.2 Å². The highest BCUT2D eigenvalue weighted by atomic mass is 35.5. The number of hydrogen-bond acceptors (Lipinski definition) is 5. The first-order chi connectivity index (χ1) is 10.2. The first-order valence-electron chi connectivity index (χ1n) is 7.41. The second-order valence-corrected chi connectivity index (χ2v) is 5.82. The summed E-state index contributed by atoms with van der Waals surface area (Å²) in [5.74, 6) is 1.82. The lowest BCUT2D eigenvalue weighted by Crippen LogP contribution is -2.28. The van der Waals surface area contributed by atoms with Crippen LogP contribution >= 0.6 is 11.6 Å². The maximum absolute atomic E-state index is 6.00. The average molecular weight is 307 g/mol. The Morgan fingerprint density at radius 1 is 1.33 bits per heavy atom. The van der Waals surface area contributed by atoms with E-state index < -0.39 is 0 Å². The molecule has 2 unspecified atom stereocenters. The molecule has 6 nitrogen and oxygen atoms in total. The summed E-state index contributed by atoms with van der Waals surface area (Å²) in [5.41, 5.74) is 0. The summed E-state index contributed by atoms with van der Waals surface area (Å²) in [5, 5.41) is 3.60. The molecule has 21 heavy (non-hydrogen) atoms. The van der Waals surface area contributed by atoms with Crippen LogP contribution < -0.4 is 5.32 Å². The first kappa shape index (κ1) is 14.3. The molecule has 1 saturated carbocycles. The average Bonchev–Trinajstić information content (AvgIpc) is 3.01. The van der Waals surface area contributed by atoms with Gasteiger partial charge in [-0.3, -0.25) is 4.57 Å². The third-order valence-electron chi connectivity index (χ3n) is 4.03. The summed E-state index contributed by atoms with van der Waals surface area (Å²) in [6.45, 7) is 2.25. The summed E-state index contributed by atoms with van der Waals surface area (Å²) in [4.78, 5) is 16.7. The zero-order chi connectivity index (χ0) is 14.7. The lowest BCUT2D eigenvalue weighted by Gasteiger charge is -2.29. The van der Waals surface area contributed by atoms with Crippen molar-refractivity contribution in [1.29, 1.82) is 0 Å². The Hall–Kier alpha value is -1.69. The maximum atomic E-state index is 6.00. The van der Waals surface area contributed by atoms with Gasteiger partial charge in [0.1, 0.15) is 6.33 Å². The molecule has 0 amide bonds. The van der Waals surface area contributed by atoms with E-state index in [1.807, 2.05) is 0 Å². The molecule has 2 aromatic heterocycles. The van der Waals surface area contributed by atoms with Gasteiger partial charge in [0.25, 0.3) is 0 Å². The third kappa shape index (κ3) is 3.50. The van der Waals surface area contributed by atoms with Crippen LogP contribution in [0.3, 0.4) is 0 Å². The van der Waals surface area contributed by atoms with Crippen LogP contribution in [0, 0.1) is 5.92 Å². The van der Waals surface area contributed by atoms with Gasteiger partial charge in [-0.2, -0.15) is 15.0 Å². The van der Waals surface area contributed by atoms with E-state index >= 15 is 0 Å². The van der Waals surface area contributed by atoms with Gasteiger partial charge in [0.2, 0.25) is 17.2 Å². The van der Waals surface area contributed by atoms with Crippen LogP contribution in [0.4, 0.5) is 5.95 Å². The van der Waals surface area contributed by atoms with Crippen molar-refractivity contribution in [1.82, 2.24) is 24.5 Å². The number of halogens is 1. The topological polar surface area (TPSA) is 68.5 Å². The van der Waals surface area contributed by atoms with Gasteiger partial charge in [-0.15, -0.1) is 0 Å². The standard InChI is InChI=1S/C14H19ClN6/c1-2-10-4-3-5-11(8-10)17-13-18-12(15)19-14(20-13)21-7-6-16-9-21/h6-7,9-11H,2-5,8H2,1H3,(H,17,18,19,20). The van der Waals surface area contributed by atoms with Crippen molar-refractivity contribution in [2.45, 2.75) is 45.1 Å². The molecule has 1 N–H and O–H groups in total. The van der Waals surface area contributed by atoms with Crippen molar-refractivity contribution in [3.63, 3.8) is 0 Å². The lowest BCUT2D eigenvalue weighted by atomic mass is 9.84. The number of imidazole rings is 1. The molecule has 0 saturated heterocycles. The van der Waals surface area contributed by atoms with Gasteiger partial charge in [-0.05, 0) is 30.4 Å². The number of nitrogens with zero attached hydrogens (tertiary/aromatic N) is 5. The Morgan fingerprint density at radius 3 is 3.00 bits per heavy atom. The second kappa shape index (κ2) is 6.39. The molecule has 1 fully saturated rings. The molecule has 0 bridgehead atoms. The molecule has 1 aliphatic carbocycles. The predicted octanol–water partition coefficient (Wildman–Crippen LogP) is 3.09. The van der Waals surface area contributed by atoms with E-state index in [4.69, 9.17) is 11.6 Å². The lowest BCUT2D eigenvalue weighted by molar-refractivity contribution is 0.326. The summed E-state index contributed by atoms with van der Waals surface area (Å²) < 4.78 is 1.72. The molecule has 7 heteroatoms. The van der Waals surface area contributed by atoms with E-state index in [1.54, 1.807) is 23.3 Å². The van der Waals surface area contributed by atoms with Crippen LogP contribution in [0.15, 0.2) is 18.7 Å². The number of anilines is 1. The Morgan fingerprint density at radius 2 is 2.24 bits per heavy atom. The van der Waals surface area contributed by atoms with Gasteiger partial charge >= 0.3 is 0 Å². The van der Waals surface area contributed by atoms with Crippen molar-refractivity contribution in [2.24, 2.45) is 5.92 Å². The van der Waals surface area contributed by atoms with Gasteiger partial charge in [-0.25, -0.2) is 4.98 Å². The highest BCUT2D eigenvalue weighted by molar-refractivity contribution is 6.28. The fourth-order valence-electron chi connectivity index (χ4n) is 2.87. The van der Waals surface area contributed by atoms with E-state index in [0.29, 0.717) is 17.9 Å². The van der Waals surface area contributed by atoms with Crippen LogP contribution in [0.1, 0.15) is 39.0 Å². The molecule has 2 aromatic rings. The summed E-state index contributed by atoms with van der Waals surface area (Å²) in [7, 11) is 0. The Labute approximate surface area is 129 Å². The highest BCUT2D eigenvalue weighted by Crippen LogP contribution is 2.28. The minimum absolute atomic E-state index is 0.194. The molecule has 112 valence electrons. The van der Waals surface area contributed by atoms with Gasteiger partial charge < -0.3 is 5.32 Å². The molecule has 0 aliphatic heterocycles. The van der Waals surface area contributed by atoms with Crippen molar-refractivity contribution >= 4 is 17.5 Å². The fourth-order valence-corrected chi connectivity index (χ4v) is 3.03. The largest absolute Gasteiger partial charge is 0.351 e. The Kier molecular flexibility index (Phi) is 4.34. The Bertz CT molecular complexity index is 585. The Balaban J connectivity index is 1.76. The smallest absolute Gasteiger partial charge is 0.241 e. The molecule has 0 aromatic carbocycles. The number of hydrogen-bond donors (Lipinski definition) is 1. The molecule has 0 radical (unpaired) electrons. The number of aromatic nitrogens is 5. The second-order valence-electron chi connectivity index (χ2n) is 5.48. The van der Waals surface area contributed by atoms with E-state index in [9.17, 15) is 0 Å². The third-order valence-corrected chi connectivity index (χ3v) is 4.19. The summed E-state index contributed by atoms with van der Waals surface area (Å²) in [6.07, 6.45) is 11.2. The normalized spacial score (nSPS) is 22.2. The highest BCUT2D eigenvalue weighted by Gasteiger charge is 2.21. The molecule has 2 heterocycles. The monoisotopic (exact) mass is 306 g/mol. The van der Waals surface area contributed by atoms with Crippen LogP contribution in [0.5, 0.6) is 0 Å². The summed E-state index contributed by atoms with van der Waals surface area (Å²) in [6, 6.07) is 0.415. The predicted molar refractivity (Wildman–Crippen MR) is 81.6 cm³/mol. The van der Waals surface area contributed by atoms with E-state index in [0.717, 1.165) is 12.3 Å². The SMILES string of the molecule is CCC1CCCC(Nc2nc(Cl)nc(-n3ccnc3)n2)C1. The molecular weight excluding hydrogens is 288 g/mol. The van der Waals surface area contributed by atoms with Crippen LogP contribution in [-0.2, 0) is 0 Å². The maximum Gasteiger partial charge on any atom is 0.241 e. The van der Waals surface area contributed by atoms with Crippen LogP contribution in [0.2, 0.25) is 5.28 Å². The van der Waals surface area contributed by atoms with Crippen molar-refractivity contribution in [2.75, 3.05) is 5.32 Å². The van der Waals surface area contributed by atoms with Crippen molar-refractivity contribution in [3.8, 4) is 5.95 Å². The number of nitrogens with one attached hydrogen (secondary N) is 1. The molecule has 3 rings (SSSR count). The molecular formula is C14H19ClN6. The van der Waals surface area contributed by atoms with E-state index in [1.165, 1.54) is 25.7 Å². The molecule has 2 atom stereocenters. The quantitative estimate of drug-likeness (QED) is 0.940. The first-order valence-corrected chi connectivity index (χ1v) is 7.79. The minimum atomic E-state index is 0.194. The molecule has 1 aliphatic rings. The number of rotatable bonds is 4. The molecule has 0 spiro atoms. The zero-order valence-electron chi connectivity index (χ0n) is 12.0. The van der Waals surface area contributed by atoms with Crippen molar-refractivity contribution in [3.05, 3.63) is 24.0 Å². The fraction of sp³-hybridized carbons (Fsp3) is 0.571. The van der Waals surface area contributed by atoms with Crippen molar-refractivity contribution < 1.29 is 0 Å². The van der Waals surface area contributed by atoms with Gasteiger partial charge in [0, 0.05) is 18.4 Å². The zero-order valence-corrected chi connectivity index (χ0v) is 12.8. The van der Waals surface area contributed by atoms with Crippen LogP contribution in [0.25, 0.3) is 5.95 Å². The van der Waals surface area contributed by atoms with E-state index in [2.05, 4.69) is 32.2 Å². The summed E-state index contributed by atoms with van der Waals surface area (Å²) >= 11 is 6.00. The minimum Gasteiger partial charge on any atom is -0.351 e.